The van der Waals surface area contributed by atoms with Crippen LogP contribution in [0.1, 0.15) is 32.8 Å². The second-order valence-corrected chi connectivity index (χ2v) is 4.61. The van der Waals surface area contributed by atoms with Gasteiger partial charge < -0.3 is 4.74 Å². The van der Waals surface area contributed by atoms with E-state index in [0.29, 0.717) is 17.7 Å². The van der Waals surface area contributed by atoms with Gasteiger partial charge in [0.1, 0.15) is 5.57 Å². The fraction of sp³-hybridized carbons (Fsp3) is 0.375. The maximum absolute atomic E-state index is 13.3. The molecule has 1 rings (SSSR count). The summed E-state index contributed by atoms with van der Waals surface area (Å²) in [7, 11) is 1.18. The number of aliphatic imine (C=N–C) groups is 1. The predicted molar refractivity (Wildman–Crippen MR) is 80.6 cm³/mol. The van der Waals surface area contributed by atoms with Crippen LogP contribution in [0.15, 0.2) is 52.6 Å². The van der Waals surface area contributed by atoms with Crippen molar-refractivity contribution in [3.8, 4) is 0 Å². The van der Waals surface area contributed by atoms with Gasteiger partial charge in [-0.15, -0.1) is 0 Å². The molecule has 3 nitrogen and oxygen atoms in total. The Kier molecular flexibility index (Phi) is 6.34. The minimum Gasteiger partial charge on any atom is -0.481 e. The van der Waals surface area contributed by atoms with E-state index in [-0.39, 0.29) is 5.57 Å². The first-order chi connectivity index (χ1) is 10.3. The number of hydrogen-bond acceptors (Lipinski definition) is 3. The van der Waals surface area contributed by atoms with E-state index in [1.807, 2.05) is 0 Å². The molecule has 0 fully saturated rings. The molecular weight excluding hydrogens is 293 g/mol. The van der Waals surface area contributed by atoms with E-state index < -0.39 is 17.6 Å². The average molecular weight is 312 g/mol. The molecule has 0 spiro atoms. The highest BCUT2D eigenvalue weighted by atomic mass is 19.4. The molecule has 0 aromatic carbocycles. The lowest BCUT2D eigenvalue weighted by molar-refractivity contribution is -0.0925. The highest BCUT2D eigenvalue weighted by Gasteiger charge is 2.38. The van der Waals surface area contributed by atoms with Crippen LogP contribution in [0.25, 0.3) is 0 Å². The molecule has 0 saturated heterocycles. The van der Waals surface area contributed by atoms with Gasteiger partial charge in [-0.1, -0.05) is 13.0 Å². The van der Waals surface area contributed by atoms with Crippen LogP contribution in [0.3, 0.4) is 0 Å². The number of pyridine rings is 1. The number of alkyl halides is 3. The SMILES string of the molecule is CC/C=C(C)/C(=C(\N=C(/C)c1ccncc1)OC)C(F)(F)F. The molecule has 0 N–H and O–H groups in total. The monoisotopic (exact) mass is 312 g/mol. The number of aromatic nitrogens is 1. The highest BCUT2D eigenvalue weighted by molar-refractivity contribution is 5.99. The summed E-state index contributed by atoms with van der Waals surface area (Å²) in [5.74, 6) is -0.441. The molecule has 0 radical (unpaired) electrons. The summed E-state index contributed by atoms with van der Waals surface area (Å²) >= 11 is 0. The van der Waals surface area contributed by atoms with Gasteiger partial charge in [0.2, 0.25) is 5.88 Å². The number of rotatable bonds is 5. The van der Waals surface area contributed by atoms with E-state index in [0.717, 1.165) is 0 Å². The molecule has 0 bridgehead atoms. The summed E-state index contributed by atoms with van der Waals surface area (Å²) in [5, 5.41) is 0. The molecule has 0 aliphatic heterocycles. The van der Waals surface area contributed by atoms with Crippen LogP contribution in [0, 0.1) is 0 Å². The minimum atomic E-state index is -4.54. The third kappa shape index (κ3) is 4.72. The molecular formula is C16H19F3N2O. The second-order valence-electron chi connectivity index (χ2n) is 4.61. The van der Waals surface area contributed by atoms with E-state index in [1.165, 1.54) is 20.1 Å². The molecule has 120 valence electrons. The fourth-order valence-corrected chi connectivity index (χ4v) is 1.94. The summed E-state index contributed by atoms with van der Waals surface area (Å²) in [5.41, 5.74) is 0.344. The minimum absolute atomic E-state index is 0.0955. The zero-order valence-corrected chi connectivity index (χ0v) is 13.0. The lowest BCUT2D eigenvalue weighted by Crippen LogP contribution is -2.16. The van der Waals surface area contributed by atoms with Crippen molar-refractivity contribution in [3.05, 3.63) is 53.2 Å². The largest absolute Gasteiger partial charge is 0.481 e. The molecule has 6 heteroatoms. The van der Waals surface area contributed by atoms with Crippen molar-refractivity contribution in [2.45, 2.75) is 33.4 Å². The number of nitrogens with zero attached hydrogens (tertiary/aromatic N) is 2. The first-order valence-electron chi connectivity index (χ1n) is 6.79. The zero-order chi connectivity index (χ0) is 16.8. The second kappa shape index (κ2) is 7.77. The van der Waals surface area contributed by atoms with E-state index in [9.17, 15) is 13.2 Å². The first-order valence-corrected chi connectivity index (χ1v) is 6.79. The lowest BCUT2D eigenvalue weighted by atomic mass is 10.1. The van der Waals surface area contributed by atoms with Crippen molar-refractivity contribution < 1.29 is 17.9 Å². The van der Waals surface area contributed by atoms with Crippen molar-refractivity contribution in [3.63, 3.8) is 0 Å². The molecule has 0 aliphatic carbocycles. The van der Waals surface area contributed by atoms with Crippen molar-refractivity contribution in [1.82, 2.24) is 4.98 Å². The fourth-order valence-electron chi connectivity index (χ4n) is 1.94. The molecule has 0 aliphatic rings. The van der Waals surface area contributed by atoms with Crippen molar-refractivity contribution >= 4 is 5.71 Å². The molecule has 1 aromatic rings. The average Bonchev–Trinajstić information content (AvgIpc) is 2.46. The van der Waals surface area contributed by atoms with Crippen molar-refractivity contribution in [2.75, 3.05) is 7.11 Å². The van der Waals surface area contributed by atoms with Crippen LogP contribution >= 0.6 is 0 Å². The summed E-state index contributed by atoms with van der Waals surface area (Å²) in [6.07, 6.45) is 0.562. The van der Waals surface area contributed by atoms with Gasteiger partial charge in [0.05, 0.1) is 7.11 Å². The third-order valence-corrected chi connectivity index (χ3v) is 2.96. The van der Waals surface area contributed by atoms with Crippen LogP contribution in [-0.4, -0.2) is 24.0 Å². The van der Waals surface area contributed by atoms with E-state index >= 15 is 0 Å². The smallest absolute Gasteiger partial charge is 0.421 e. The summed E-state index contributed by atoms with van der Waals surface area (Å²) in [6.45, 7) is 4.80. The quantitative estimate of drug-likeness (QED) is 0.450. The van der Waals surface area contributed by atoms with Crippen molar-refractivity contribution in [1.29, 1.82) is 0 Å². The van der Waals surface area contributed by atoms with Gasteiger partial charge in [0, 0.05) is 18.1 Å². The van der Waals surface area contributed by atoms with Gasteiger partial charge in [-0.2, -0.15) is 13.2 Å². The Morgan fingerprint density at radius 1 is 1.27 bits per heavy atom. The van der Waals surface area contributed by atoms with Gasteiger partial charge in [-0.3, -0.25) is 4.98 Å². The summed E-state index contributed by atoms with van der Waals surface area (Å²) in [4.78, 5) is 7.89. The maximum atomic E-state index is 13.3. The normalized spacial score (nSPS) is 14.7. The number of methoxy groups -OCH3 is 1. The highest BCUT2D eigenvalue weighted by Crippen LogP contribution is 2.34. The van der Waals surface area contributed by atoms with Crippen LogP contribution < -0.4 is 0 Å². The number of halogens is 3. The van der Waals surface area contributed by atoms with Crippen LogP contribution in [0.4, 0.5) is 13.2 Å². The summed E-state index contributed by atoms with van der Waals surface area (Å²) in [6, 6.07) is 3.35. The van der Waals surface area contributed by atoms with Gasteiger partial charge in [-0.05, 0) is 43.5 Å². The van der Waals surface area contributed by atoms with Crippen LogP contribution in [0.5, 0.6) is 0 Å². The maximum Gasteiger partial charge on any atom is 0.421 e. The summed E-state index contributed by atoms with van der Waals surface area (Å²) < 4.78 is 44.9. The topological polar surface area (TPSA) is 34.5 Å². The van der Waals surface area contributed by atoms with Gasteiger partial charge >= 0.3 is 6.18 Å². The Morgan fingerprint density at radius 3 is 2.32 bits per heavy atom. The number of allylic oxidation sites excluding steroid dienone is 3. The zero-order valence-electron chi connectivity index (χ0n) is 13.0. The Balaban J connectivity index is 3.43. The number of ether oxygens (including phenoxy) is 1. The Morgan fingerprint density at radius 2 is 1.86 bits per heavy atom. The van der Waals surface area contributed by atoms with Gasteiger partial charge in [0.25, 0.3) is 0 Å². The Hall–Kier alpha value is -2.11. The Bertz CT molecular complexity index is 587. The molecule has 22 heavy (non-hydrogen) atoms. The van der Waals surface area contributed by atoms with Crippen molar-refractivity contribution in [2.24, 2.45) is 4.99 Å². The molecule has 0 atom stereocenters. The standard InChI is InChI=1S/C16H19F3N2O/c1-5-6-11(2)14(16(17,18)19)15(22-4)21-12(3)13-7-9-20-10-8-13/h6-10H,5H2,1-4H3/b11-6+,15-14-,21-12+. The molecule has 1 heterocycles. The molecule has 1 aromatic heterocycles. The van der Waals surface area contributed by atoms with E-state index in [2.05, 4.69) is 9.98 Å². The van der Waals surface area contributed by atoms with E-state index in [1.54, 1.807) is 38.4 Å². The lowest BCUT2D eigenvalue weighted by Gasteiger charge is -2.15. The number of hydrogen-bond donors (Lipinski definition) is 0. The van der Waals surface area contributed by atoms with Crippen LogP contribution in [0.2, 0.25) is 0 Å². The van der Waals surface area contributed by atoms with E-state index in [4.69, 9.17) is 4.74 Å². The van der Waals surface area contributed by atoms with Gasteiger partial charge in [-0.25, -0.2) is 4.99 Å². The van der Waals surface area contributed by atoms with Gasteiger partial charge in [0.15, 0.2) is 0 Å². The molecule has 0 saturated carbocycles. The predicted octanol–water partition coefficient (Wildman–Crippen LogP) is 4.67. The first kappa shape index (κ1) is 17.9. The third-order valence-electron chi connectivity index (χ3n) is 2.96. The Labute approximate surface area is 128 Å². The molecule has 0 unspecified atom stereocenters. The van der Waals surface area contributed by atoms with Crippen LogP contribution in [-0.2, 0) is 4.74 Å². The molecule has 0 amide bonds.